The van der Waals surface area contributed by atoms with E-state index in [-0.39, 0.29) is 11.0 Å². The van der Waals surface area contributed by atoms with E-state index in [0.29, 0.717) is 5.92 Å². The first kappa shape index (κ1) is 34.9. The Morgan fingerprint density at radius 1 is 0.704 bits per heavy atom. The number of nitrogens with zero attached hydrogens (tertiary/aromatic N) is 2. The molecule has 0 fully saturated rings. The van der Waals surface area contributed by atoms with Crippen LogP contribution >= 0.6 is 11.3 Å². The molecule has 0 aliphatic carbocycles. The molecule has 4 aromatic heterocycles. The summed E-state index contributed by atoms with van der Waals surface area (Å²) in [4.78, 5) is 0. The number of rotatable bonds is 9. The first-order valence-corrected chi connectivity index (χ1v) is 21.1. The number of aryl methyl sites for hydroxylation is 1. The molecule has 0 N–H and O–H groups in total. The SMILES string of the molecule is CCCCC(C)c1cc2[n+](cc1-c1ccccc1)C(C)(CC)C(CC)(Cc1c[n+]3ccc(C)cc3c3cc4sc5ccccc5c4cc13)c1ccccc1-2. The van der Waals surface area contributed by atoms with Crippen LogP contribution in [-0.4, -0.2) is 0 Å². The number of hydrogen-bond acceptors (Lipinski definition) is 1. The lowest BCUT2D eigenvalue weighted by molar-refractivity contribution is -0.765. The van der Waals surface area contributed by atoms with Crippen LogP contribution in [0.4, 0.5) is 0 Å². The number of hydrogen-bond donors (Lipinski definition) is 0. The highest BCUT2D eigenvalue weighted by Gasteiger charge is 2.59. The summed E-state index contributed by atoms with van der Waals surface area (Å²) in [7, 11) is 0. The van der Waals surface area contributed by atoms with Crippen LogP contribution in [0.3, 0.4) is 0 Å². The lowest BCUT2D eigenvalue weighted by Gasteiger charge is -2.48. The van der Waals surface area contributed by atoms with E-state index in [1.54, 1.807) is 0 Å². The third-order valence-corrected chi connectivity index (χ3v) is 14.5. The van der Waals surface area contributed by atoms with Crippen LogP contribution in [0.25, 0.3) is 58.8 Å². The minimum atomic E-state index is -0.196. The van der Waals surface area contributed by atoms with E-state index in [4.69, 9.17) is 0 Å². The third-order valence-electron chi connectivity index (χ3n) is 13.4. The summed E-state index contributed by atoms with van der Waals surface area (Å²) in [6.07, 6.45) is 13.9. The van der Waals surface area contributed by atoms with Crippen molar-refractivity contribution >= 4 is 47.8 Å². The second-order valence-corrected chi connectivity index (χ2v) is 17.3. The van der Waals surface area contributed by atoms with Gasteiger partial charge in [0.25, 0.3) is 0 Å². The predicted octanol–water partition coefficient (Wildman–Crippen LogP) is 13.2. The normalized spacial score (nSPS) is 18.7. The van der Waals surface area contributed by atoms with Crippen LogP contribution in [0.1, 0.15) is 94.9 Å². The van der Waals surface area contributed by atoms with Gasteiger partial charge in [-0.3, -0.25) is 0 Å². The highest BCUT2D eigenvalue weighted by molar-refractivity contribution is 7.25. The summed E-state index contributed by atoms with van der Waals surface area (Å²) in [5.41, 5.74) is 12.0. The zero-order chi connectivity index (χ0) is 37.2. The predicted molar refractivity (Wildman–Crippen MR) is 230 cm³/mol. The van der Waals surface area contributed by atoms with Crippen molar-refractivity contribution in [2.75, 3.05) is 0 Å². The number of pyridine rings is 3. The van der Waals surface area contributed by atoms with E-state index in [9.17, 15) is 0 Å². The molecular weight excluding hydrogens is 673 g/mol. The van der Waals surface area contributed by atoms with Gasteiger partial charge in [0.15, 0.2) is 24.1 Å². The van der Waals surface area contributed by atoms with Gasteiger partial charge in [0.05, 0.1) is 16.4 Å². The summed E-state index contributed by atoms with van der Waals surface area (Å²) < 4.78 is 7.83. The van der Waals surface area contributed by atoms with Gasteiger partial charge in [0, 0.05) is 62.8 Å². The lowest BCUT2D eigenvalue weighted by atomic mass is 9.57. The maximum Gasteiger partial charge on any atom is 0.218 e. The average Bonchev–Trinajstić information content (AvgIpc) is 3.58. The molecule has 0 saturated heterocycles. The highest BCUT2D eigenvalue weighted by atomic mass is 32.1. The smallest absolute Gasteiger partial charge is 0.192 e. The Hall–Kier alpha value is -4.86. The van der Waals surface area contributed by atoms with Crippen LogP contribution in [0, 0.1) is 6.92 Å². The maximum absolute atomic E-state index is 2.72. The zero-order valence-corrected chi connectivity index (χ0v) is 33.6. The van der Waals surface area contributed by atoms with Crippen molar-refractivity contribution in [3.05, 3.63) is 150 Å². The minimum absolute atomic E-state index is 0.170. The van der Waals surface area contributed by atoms with Crippen molar-refractivity contribution in [2.24, 2.45) is 0 Å². The summed E-state index contributed by atoms with van der Waals surface area (Å²) in [5, 5.41) is 5.44. The van der Waals surface area contributed by atoms with E-state index < -0.39 is 0 Å². The standard InChI is InChI=1S/C51H52N2S/c1-7-10-18-35(5)40-29-47-39-22-14-16-23-45(39)51(9-3,50(6,8-2)53(47)33-44(40)36-19-12-11-13-20-36)31-37-32-52-26-25-34(4)27-46(52)42-30-49-43(28-41(37)42)38-21-15-17-24-48(38)54-49/h11-17,19-30,32-33,35H,7-10,18,31H2,1-6H3/q+2. The van der Waals surface area contributed by atoms with Crippen LogP contribution < -0.4 is 8.97 Å². The van der Waals surface area contributed by atoms with Crippen LogP contribution in [0.5, 0.6) is 0 Å². The first-order valence-electron chi connectivity index (χ1n) is 20.2. The van der Waals surface area contributed by atoms with Crippen molar-refractivity contribution in [2.45, 2.75) is 96.9 Å². The van der Waals surface area contributed by atoms with Crippen molar-refractivity contribution in [1.82, 2.24) is 0 Å². The molecular formula is C51H52N2S+2. The second-order valence-electron chi connectivity index (χ2n) is 16.2. The minimum Gasteiger partial charge on any atom is -0.192 e. The summed E-state index contributed by atoms with van der Waals surface area (Å²) >= 11 is 1.91. The van der Waals surface area contributed by atoms with E-state index >= 15 is 0 Å². The second kappa shape index (κ2) is 13.5. The fourth-order valence-corrected chi connectivity index (χ4v) is 11.3. The fourth-order valence-electron chi connectivity index (χ4n) is 10.1. The molecule has 1 aliphatic rings. The summed E-state index contributed by atoms with van der Waals surface area (Å²) in [6, 6.07) is 41.7. The molecule has 0 amide bonds. The van der Waals surface area contributed by atoms with Gasteiger partial charge in [-0.05, 0) is 84.0 Å². The number of aromatic nitrogens is 2. The lowest BCUT2D eigenvalue weighted by Crippen LogP contribution is -2.69. The van der Waals surface area contributed by atoms with Crippen LogP contribution in [0.15, 0.2) is 128 Å². The van der Waals surface area contributed by atoms with Gasteiger partial charge in [0.1, 0.15) is 0 Å². The zero-order valence-electron chi connectivity index (χ0n) is 32.7. The van der Waals surface area contributed by atoms with E-state index in [1.807, 2.05) is 11.3 Å². The molecule has 5 heterocycles. The highest BCUT2D eigenvalue weighted by Crippen LogP contribution is 2.53. The summed E-state index contributed by atoms with van der Waals surface area (Å²) in [6.45, 7) is 14.4. The Balaban J connectivity index is 1.32. The van der Waals surface area contributed by atoms with E-state index in [1.165, 1.54) is 100 Å². The van der Waals surface area contributed by atoms with E-state index in [0.717, 1.165) is 19.3 Å². The number of unbranched alkanes of at least 4 members (excludes halogenated alkanes) is 1. The number of fused-ring (bicyclic) bond motifs is 9. The van der Waals surface area contributed by atoms with Crippen LogP contribution in [-0.2, 0) is 17.4 Å². The molecule has 54 heavy (non-hydrogen) atoms. The topological polar surface area (TPSA) is 7.98 Å². The molecule has 1 aliphatic heterocycles. The van der Waals surface area contributed by atoms with Crippen molar-refractivity contribution in [3.8, 4) is 22.4 Å². The van der Waals surface area contributed by atoms with Gasteiger partial charge in [-0.2, -0.15) is 8.97 Å². The Morgan fingerprint density at radius 2 is 1.48 bits per heavy atom. The van der Waals surface area contributed by atoms with E-state index in [2.05, 4.69) is 178 Å². The molecule has 0 bridgehead atoms. The Labute approximate surface area is 324 Å². The molecule has 3 atom stereocenters. The van der Waals surface area contributed by atoms with Gasteiger partial charge < -0.3 is 0 Å². The van der Waals surface area contributed by atoms with Gasteiger partial charge in [0.2, 0.25) is 11.2 Å². The van der Waals surface area contributed by atoms with Gasteiger partial charge in [-0.15, -0.1) is 11.3 Å². The molecule has 0 radical (unpaired) electrons. The molecule has 270 valence electrons. The Morgan fingerprint density at radius 3 is 2.28 bits per heavy atom. The van der Waals surface area contributed by atoms with Crippen molar-refractivity contribution in [3.63, 3.8) is 0 Å². The molecule has 0 saturated carbocycles. The third kappa shape index (κ3) is 5.26. The number of benzene rings is 4. The van der Waals surface area contributed by atoms with Crippen molar-refractivity contribution in [1.29, 1.82) is 0 Å². The largest absolute Gasteiger partial charge is 0.218 e. The fraction of sp³-hybridized carbons (Fsp3) is 0.294. The molecule has 8 aromatic rings. The molecule has 0 spiro atoms. The molecule has 3 unspecified atom stereocenters. The first-order chi connectivity index (χ1) is 26.3. The Bertz CT molecular complexity index is 2710. The molecule has 4 aromatic carbocycles. The van der Waals surface area contributed by atoms with Gasteiger partial charge >= 0.3 is 0 Å². The molecule has 9 rings (SSSR count). The molecule has 3 heteroatoms. The summed E-state index contributed by atoms with van der Waals surface area (Å²) in [5.74, 6) is 0.471. The van der Waals surface area contributed by atoms with Crippen molar-refractivity contribution < 1.29 is 8.97 Å². The monoisotopic (exact) mass is 724 g/mol. The maximum atomic E-state index is 2.72. The van der Waals surface area contributed by atoms with Gasteiger partial charge in [-0.1, -0.05) is 107 Å². The number of thiophene rings is 1. The van der Waals surface area contributed by atoms with Gasteiger partial charge in [-0.25, -0.2) is 0 Å². The quantitative estimate of drug-likeness (QED) is 0.103. The Kier molecular flexibility index (Phi) is 8.70. The average molecular weight is 725 g/mol. The van der Waals surface area contributed by atoms with Crippen LogP contribution in [0.2, 0.25) is 0 Å². The molecule has 2 nitrogen and oxygen atoms in total.